The largest absolute Gasteiger partial charge is 0.388 e. The number of likely N-dealkylation sites (tertiary alicyclic amines) is 1. The molecule has 1 aliphatic heterocycles. The Hall–Kier alpha value is -0.930. The molecule has 0 bridgehead atoms. The van der Waals surface area contributed by atoms with Gasteiger partial charge < -0.3 is 10.0 Å². The highest BCUT2D eigenvalue weighted by atomic mass is 19.1. The van der Waals surface area contributed by atoms with Gasteiger partial charge >= 0.3 is 0 Å². The molecule has 1 aromatic rings. The van der Waals surface area contributed by atoms with Crippen molar-refractivity contribution in [2.75, 3.05) is 20.1 Å². The molecule has 1 fully saturated rings. The Morgan fingerprint density at radius 1 is 1.50 bits per heavy atom. The second-order valence-electron chi connectivity index (χ2n) is 4.96. The molecule has 1 saturated heterocycles. The van der Waals surface area contributed by atoms with Crippen molar-refractivity contribution < 1.29 is 9.50 Å². The molecule has 0 aromatic heterocycles. The summed E-state index contributed by atoms with van der Waals surface area (Å²) in [4.78, 5) is 2.11. The van der Waals surface area contributed by atoms with Crippen molar-refractivity contribution in [2.45, 2.75) is 25.4 Å². The third kappa shape index (κ3) is 2.42. The summed E-state index contributed by atoms with van der Waals surface area (Å²) in [5, 5.41) is 10.4. The molecule has 3 heteroatoms. The first kappa shape index (κ1) is 11.6. The summed E-state index contributed by atoms with van der Waals surface area (Å²) >= 11 is 0. The van der Waals surface area contributed by atoms with E-state index in [0.717, 1.165) is 24.1 Å². The summed E-state index contributed by atoms with van der Waals surface area (Å²) in [6.45, 7) is 3.53. The van der Waals surface area contributed by atoms with E-state index in [4.69, 9.17) is 0 Å². The van der Waals surface area contributed by atoms with Gasteiger partial charge in [0.15, 0.2) is 0 Å². The zero-order valence-corrected chi connectivity index (χ0v) is 9.83. The minimum atomic E-state index is -0.687. The second-order valence-corrected chi connectivity index (χ2v) is 4.96. The van der Waals surface area contributed by atoms with E-state index in [1.807, 2.05) is 14.0 Å². The van der Waals surface area contributed by atoms with Crippen molar-refractivity contribution in [3.63, 3.8) is 0 Å². The molecule has 1 atom stereocenters. The van der Waals surface area contributed by atoms with Crippen LogP contribution in [0.1, 0.15) is 17.5 Å². The lowest BCUT2D eigenvalue weighted by molar-refractivity contribution is 0.0521. The van der Waals surface area contributed by atoms with E-state index in [9.17, 15) is 9.50 Å². The summed E-state index contributed by atoms with van der Waals surface area (Å²) < 4.78 is 13.1. The highest BCUT2D eigenvalue weighted by Crippen LogP contribution is 2.26. The number of halogens is 1. The van der Waals surface area contributed by atoms with Gasteiger partial charge in [-0.15, -0.1) is 0 Å². The number of nitrogens with zero attached hydrogens (tertiary/aromatic N) is 1. The van der Waals surface area contributed by atoms with Crippen LogP contribution in [0.4, 0.5) is 4.39 Å². The van der Waals surface area contributed by atoms with Crippen molar-refractivity contribution in [2.24, 2.45) is 0 Å². The minimum Gasteiger partial charge on any atom is -0.388 e. The molecule has 2 rings (SSSR count). The topological polar surface area (TPSA) is 23.5 Å². The lowest BCUT2D eigenvalue weighted by Gasteiger charge is -2.23. The summed E-state index contributed by atoms with van der Waals surface area (Å²) in [5.74, 6) is -0.226. The molecule has 1 heterocycles. The summed E-state index contributed by atoms with van der Waals surface area (Å²) in [6, 6.07) is 4.77. The number of hydrogen-bond acceptors (Lipinski definition) is 2. The summed E-state index contributed by atoms with van der Waals surface area (Å²) in [5.41, 5.74) is 1.27. The van der Waals surface area contributed by atoms with Crippen molar-refractivity contribution in [1.82, 2.24) is 4.90 Å². The monoisotopic (exact) mass is 223 g/mol. The maximum Gasteiger partial charge on any atom is 0.123 e. The van der Waals surface area contributed by atoms with Gasteiger partial charge in [-0.25, -0.2) is 4.39 Å². The molecular formula is C13H18FNO. The molecule has 0 radical (unpaired) electrons. The number of aryl methyl sites for hydroxylation is 1. The molecule has 1 aliphatic rings. The standard InChI is InChI=1S/C13H18FNO/c1-10-3-4-12(14)7-11(10)8-13(16)5-6-15(2)9-13/h3-4,7,16H,5-6,8-9H2,1-2H3. The van der Waals surface area contributed by atoms with E-state index >= 15 is 0 Å². The first-order valence-electron chi connectivity index (χ1n) is 5.64. The molecule has 1 unspecified atom stereocenters. The molecule has 0 saturated carbocycles. The number of aliphatic hydroxyl groups is 1. The minimum absolute atomic E-state index is 0.226. The molecule has 1 N–H and O–H groups in total. The Balaban J connectivity index is 2.17. The predicted molar refractivity (Wildman–Crippen MR) is 61.9 cm³/mol. The fourth-order valence-electron chi connectivity index (χ4n) is 2.39. The van der Waals surface area contributed by atoms with Crippen molar-refractivity contribution in [3.8, 4) is 0 Å². The zero-order chi connectivity index (χ0) is 11.8. The number of likely N-dealkylation sites (N-methyl/N-ethyl adjacent to an activating group) is 1. The fourth-order valence-corrected chi connectivity index (χ4v) is 2.39. The molecular weight excluding hydrogens is 205 g/mol. The van der Waals surface area contributed by atoms with E-state index in [-0.39, 0.29) is 5.82 Å². The summed E-state index contributed by atoms with van der Waals surface area (Å²) in [6.07, 6.45) is 1.31. The Morgan fingerprint density at radius 2 is 2.25 bits per heavy atom. The number of β-amino-alcohol motifs (C(OH)–C–C–N with tert-alkyl or cyclic N) is 1. The Kier molecular flexibility index (Phi) is 3.00. The van der Waals surface area contributed by atoms with Gasteiger partial charge in [-0.3, -0.25) is 0 Å². The van der Waals surface area contributed by atoms with Gasteiger partial charge in [0.2, 0.25) is 0 Å². The molecule has 0 spiro atoms. The third-order valence-electron chi connectivity index (χ3n) is 3.35. The van der Waals surface area contributed by atoms with Crippen molar-refractivity contribution >= 4 is 0 Å². The van der Waals surface area contributed by atoms with Crippen LogP contribution in [-0.2, 0) is 6.42 Å². The van der Waals surface area contributed by atoms with Crippen LogP contribution in [0.15, 0.2) is 18.2 Å². The van der Waals surface area contributed by atoms with Crippen LogP contribution in [0.2, 0.25) is 0 Å². The van der Waals surface area contributed by atoms with Gasteiger partial charge in [-0.1, -0.05) is 6.07 Å². The van der Waals surface area contributed by atoms with Crippen LogP contribution in [0.3, 0.4) is 0 Å². The van der Waals surface area contributed by atoms with Gasteiger partial charge in [0.25, 0.3) is 0 Å². The van der Waals surface area contributed by atoms with E-state index < -0.39 is 5.60 Å². The number of rotatable bonds is 2. The molecule has 1 aromatic carbocycles. The SMILES string of the molecule is Cc1ccc(F)cc1CC1(O)CCN(C)C1. The Labute approximate surface area is 95.7 Å². The lowest BCUT2D eigenvalue weighted by atomic mass is 9.91. The zero-order valence-electron chi connectivity index (χ0n) is 9.83. The van der Waals surface area contributed by atoms with Crippen molar-refractivity contribution in [1.29, 1.82) is 0 Å². The molecule has 88 valence electrons. The fraction of sp³-hybridized carbons (Fsp3) is 0.538. The van der Waals surface area contributed by atoms with Crippen LogP contribution in [0, 0.1) is 12.7 Å². The number of benzene rings is 1. The molecule has 0 aliphatic carbocycles. The Bertz CT molecular complexity index is 394. The predicted octanol–water partition coefficient (Wildman–Crippen LogP) is 1.74. The average molecular weight is 223 g/mol. The van der Waals surface area contributed by atoms with Gasteiger partial charge in [0, 0.05) is 19.5 Å². The average Bonchev–Trinajstić information content (AvgIpc) is 2.52. The smallest absolute Gasteiger partial charge is 0.123 e. The van der Waals surface area contributed by atoms with Crippen LogP contribution in [0.5, 0.6) is 0 Å². The van der Waals surface area contributed by atoms with Crippen LogP contribution in [-0.4, -0.2) is 35.7 Å². The van der Waals surface area contributed by atoms with Crippen LogP contribution in [0.25, 0.3) is 0 Å². The Morgan fingerprint density at radius 3 is 2.88 bits per heavy atom. The maximum atomic E-state index is 13.1. The van der Waals surface area contributed by atoms with Gasteiger partial charge in [-0.2, -0.15) is 0 Å². The van der Waals surface area contributed by atoms with Crippen LogP contribution < -0.4 is 0 Å². The quantitative estimate of drug-likeness (QED) is 0.825. The van der Waals surface area contributed by atoms with Crippen LogP contribution >= 0.6 is 0 Å². The first-order chi connectivity index (χ1) is 7.48. The maximum absolute atomic E-state index is 13.1. The molecule has 2 nitrogen and oxygen atoms in total. The van der Waals surface area contributed by atoms with Gasteiger partial charge in [0.05, 0.1) is 5.60 Å². The van der Waals surface area contributed by atoms with Crippen molar-refractivity contribution in [3.05, 3.63) is 35.1 Å². The number of hydrogen-bond donors (Lipinski definition) is 1. The molecule has 0 amide bonds. The highest BCUT2D eigenvalue weighted by molar-refractivity contribution is 5.28. The summed E-state index contributed by atoms with van der Waals surface area (Å²) in [7, 11) is 2.00. The van der Waals surface area contributed by atoms with E-state index in [0.29, 0.717) is 13.0 Å². The molecule has 16 heavy (non-hydrogen) atoms. The first-order valence-corrected chi connectivity index (χ1v) is 5.64. The van der Waals surface area contributed by atoms with Gasteiger partial charge in [0.1, 0.15) is 5.82 Å². The third-order valence-corrected chi connectivity index (χ3v) is 3.35. The van der Waals surface area contributed by atoms with E-state index in [1.165, 1.54) is 12.1 Å². The normalized spacial score (nSPS) is 26.2. The lowest BCUT2D eigenvalue weighted by Crippen LogP contribution is -2.34. The highest BCUT2D eigenvalue weighted by Gasteiger charge is 2.34. The van der Waals surface area contributed by atoms with E-state index in [2.05, 4.69) is 4.90 Å². The van der Waals surface area contributed by atoms with Gasteiger partial charge in [-0.05, 0) is 43.7 Å². The van der Waals surface area contributed by atoms with E-state index in [1.54, 1.807) is 6.07 Å². The second kappa shape index (κ2) is 4.15.